The van der Waals surface area contributed by atoms with Crippen LogP contribution in [-0.2, 0) is 5.41 Å². The Hall–Kier alpha value is -1.20. The normalized spacial score (nSPS) is 26.2. The molecule has 0 radical (unpaired) electrons. The van der Waals surface area contributed by atoms with E-state index in [0.717, 1.165) is 18.9 Å². The molecular formula is C18H30FN3O. The van der Waals surface area contributed by atoms with Gasteiger partial charge in [-0.2, -0.15) is 0 Å². The van der Waals surface area contributed by atoms with Crippen LogP contribution in [0.4, 0.5) is 10.2 Å². The molecule has 2 rings (SSSR count). The topological polar surface area (TPSA) is 39.6 Å². The quantitative estimate of drug-likeness (QED) is 0.928. The second-order valence-electron chi connectivity index (χ2n) is 7.80. The lowest BCUT2D eigenvalue weighted by molar-refractivity contribution is -0.0892. The molecule has 2 unspecified atom stereocenters. The van der Waals surface area contributed by atoms with Crippen LogP contribution in [0, 0.1) is 0 Å². The molecule has 1 aromatic rings. The molecule has 0 bridgehead atoms. The van der Waals surface area contributed by atoms with Gasteiger partial charge in [0.1, 0.15) is 18.2 Å². The fourth-order valence-electron chi connectivity index (χ4n) is 3.30. The summed E-state index contributed by atoms with van der Waals surface area (Å²) in [5.74, 6) is 0.944. The Balaban J connectivity index is 2.12. The summed E-state index contributed by atoms with van der Waals surface area (Å²) in [6.45, 7) is 13.4. The van der Waals surface area contributed by atoms with Gasteiger partial charge < -0.3 is 10.0 Å². The first-order chi connectivity index (χ1) is 10.6. The van der Waals surface area contributed by atoms with E-state index in [-0.39, 0.29) is 17.5 Å². The zero-order chi connectivity index (χ0) is 17.4. The van der Waals surface area contributed by atoms with Crippen LogP contribution < -0.4 is 4.90 Å². The molecule has 5 heteroatoms. The van der Waals surface area contributed by atoms with Gasteiger partial charge in [0.25, 0.3) is 0 Å². The largest absolute Gasteiger partial charge is 0.375 e. The van der Waals surface area contributed by atoms with Crippen molar-refractivity contribution in [2.75, 3.05) is 18.0 Å². The Morgan fingerprint density at radius 1 is 1.22 bits per heavy atom. The minimum atomic E-state index is -1.25. The SMILES string of the molecule is CC(F)C(O)N1[C@H](C)CN(c2ccc(C(C)(C)C)cn2)C[C@@H]1C. The second kappa shape index (κ2) is 6.73. The van der Waals surface area contributed by atoms with Crippen LogP contribution >= 0.6 is 0 Å². The van der Waals surface area contributed by atoms with E-state index in [2.05, 4.69) is 42.8 Å². The first-order valence-corrected chi connectivity index (χ1v) is 8.42. The predicted octanol–water partition coefficient (Wildman–Crippen LogP) is 2.95. The van der Waals surface area contributed by atoms with E-state index >= 15 is 0 Å². The summed E-state index contributed by atoms with van der Waals surface area (Å²) in [4.78, 5) is 8.70. The number of anilines is 1. The van der Waals surface area contributed by atoms with Crippen LogP contribution in [0.1, 0.15) is 47.1 Å². The lowest BCUT2D eigenvalue weighted by Gasteiger charge is -2.47. The lowest BCUT2D eigenvalue weighted by atomic mass is 9.88. The van der Waals surface area contributed by atoms with E-state index in [0.29, 0.717) is 0 Å². The van der Waals surface area contributed by atoms with Gasteiger partial charge in [-0.15, -0.1) is 0 Å². The fraction of sp³-hybridized carbons (Fsp3) is 0.722. The third-order valence-electron chi connectivity index (χ3n) is 4.64. The minimum Gasteiger partial charge on any atom is -0.375 e. The van der Waals surface area contributed by atoms with Crippen molar-refractivity contribution in [2.45, 2.75) is 71.4 Å². The van der Waals surface area contributed by atoms with Gasteiger partial charge in [0, 0.05) is 31.4 Å². The third kappa shape index (κ3) is 4.01. The number of hydrogen-bond acceptors (Lipinski definition) is 4. The monoisotopic (exact) mass is 323 g/mol. The number of piperazine rings is 1. The van der Waals surface area contributed by atoms with Gasteiger partial charge in [0.15, 0.2) is 0 Å². The Morgan fingerprint density at radius 2 is 1.78 bits per heavy atom. The Labute approximate surface area is 139 Å². The third-order valence-corrected chi connectivity index (χ3v) is 4.64. The average Bonchev–Trinajstić information content (AvgIpc) is 2.45. The molecule has 1 N–H and O–H groups in total. The highest BCUT2D eigenvalue weighted by molar-refractivity contribution is 5.41. The van der Waals surface area contributed by atoms with E-state index in [1.54, 1.807) is 0 Å². The van der Waals surface area contributed by atoms with Crippen molar-refractivity contribution in [3.8, 4) is 0 Å². The van der Waals surface area contributed by atoms with Crippen molar-refractivity contribution < 1.29 is 9.50 Å². The molecule has 4 nitrogen and oxygen atoms in total. The number of pyridine rings is 1. The number of rotatable bonds is 3. The summed E-state index contributed by atoms with van der Waals surface area (Å²) in [5.41, 5.74) is 1.30. The van der Waals surface area contributed by atoms with Crippen LogP contribution in [0.5, 0.6) is 0 Å². The zero-order valence-electron chi connectivity index (χ0n) is 15.1. The van der Waals surface area contributed by atoms with Gasteiger partial charge in [-0.25, -0.2) is 9.37 Å². The van der Waals surface area contributed by atoms with Crippen molar-refractivity contribution >= 4 is 5.82 Å². The maximum Gasteiger partial charge on any atom is 0.139 e. The Bertz CT molecular complexity index is 500. The molecule has 0 aliphatic carbocycles. The molecule has 1 saturated heterocycles. The maximum absolute atomic E-state index is 13.5. The molecule has 1 fully saturated rings. The summed E-state index contributed by atoms with van der Waals surface area (Å²) in [7, 11) is 0. The van der Waals surface area contributed by atoms with E-state index in [9.17, 15) is 9.50 Å². The average molecular weight is 323 g/mol. The number of nitrogens with zero attached hydrogens (tertiary/aromatic N) is 3. The highest BCUT2D eigenvalue weighted by atomic mass is 19.1. The number of aromatic nitrogens is 1. The van der Waals surface area contributed by atoms with Crippen molar-refractivity contribution in [1.82, 2.24) is 9.88 Å². The highest BCUT2D eigenvalue weighted by Crippen LogP contribution is 2.26. The highest BCUT2D eigenvalue weighted by Gasteiger charge is 2.36. The van der Waals surface area contributed by atoms with Gasteiger partial charge in [-0.1, -0.05) is 26.8 Å². The fourth-order valence-corrected chi connectivity index (χ4v) is 3.30. The van der Waals surface area contributed by atoms with Crippen molar-refractivity contribution in [3.05, 3.63) is 23.9 Å². The second-order valence-corrected chi connectivity index (χ2v) is 7.80. The molecule has 4 atom stereocenters. The predicted molar refractivity (Wildman–Crippen MR) is 92.5 cm³/mol. The van der Waals surface area contributed by atoms with Crippen molar-refractivity contribution in [2.24, 2.45) is 0 Å². The van der Waals surface area contributed by atoms with E-state index < -0.39 is 12.4 Å². The number of alkyl halides is 1. The molecule has 23 heavy (non-hydrogen) atoms. The van der Waals surface area contributed by atoms with Crippen LogP contribution in [-0.4, -0.2) is 52.6 Å². The first-order valence-electron chi connectivity index (χ1n) is 8.42. The molecule has 1 aliphatic rings. The van der Waals surface area contributed by atoms with E-state index in [1.165, 1.54) is 12.5 Å². The number of hydrogen-bond donors (Lipinski definition) is 1. The molecule has 0 amide bonds. The standard InChI is InChI=1S/C18H30FN3O/c1-12-10-21(11-13(2)22(12)17(23)14(3)19)16-8-7-15(9-20-16)18(4,5)6/h7-9,12-14,17,23H,10-11H2,1-6H3/t12-,13+,14?,17?. The Kier molecular flexibility index (Phi) is 5.31. The van der Waals surface area contributed by atoms with Crippen LogP contribution in [0.2, 0.25) is 0 Å². The smallest absolute Gasteiger partial charge is 0.139 e. The molecule has 2 heterocycles. The summed E-state index contributed by atoms with van der Waals surface area (Å²) < 4.78 is 13.5. The van der Waals surface area contributed by atoms with Gasteiger partial charge in [0.2, 0.25) is 0 Å². The van der Waals surface area contributed by atoms with Crippen molar-refractivity contribution in [3.63, 3.8) is 0 Å². The van der Waals surface area contributed by atoms with Crippen LogP contribution in [0.25, 0.3) is 0 Å². The summed E-state index contributed by atoms with van der Waals surface area (Å²) in [6, 6.07) is 4.32. The molecular weight excluding hydrogens is 293 g/mol. The zero-order valence-corrected chi connectivity index (χ0v) is 15.1. The summed E-state index contributed by atoms with van der Waals surface area (Å²) in [5, 5.41) is 10.1. The lowest BCUT2D eigenvalue weighted by Crippen LogP contribution is -2.61. The van der Waals surface area contributed by atoms with Gasteiger partial charge >= 0.3 is 0 Å². The Morgan fingerprint density at radius 3 is 2.17 bits per heavy atom. The molecule has 0 aromatic carbocycles. The molecule has 1 aliphatic heterocycles. The number of halogens is 1. The maximum atomic E-state index is 13.5. The molecule has 130 valence electrons. The number of aliphatic hydroxyl groups is 1. The summed E-state index contributed by atoms with van der Waals surface area (Å²) in [6.07, 6.45) is -0.357. The first kappa shape index (κ1) is 18.1. The summed E-state index contributed by atoms with van der Waals surface area (Å²) >= 11 is 0. The molecule has 0 saturated carbocycles. The van der Waals surface area contributed by atoms with E-state index in [1.807, 2.05) is 24.9 Å². The van der Waals surface area contributed by atoms with Crippen LogP contribution in [0.15, 0.2) is 18.3 Å². The minimum absolute atomic E-state index is 0.0658. The number of aliphatic hydroxyl groups excluding tert-OH is 1. The van der Waals surface area contributed by atoms with Crippen molar-refractivity contribution in [1.29, 1.82) is 0 Å². The van der Waals surface area contributed by atoms with Gasteiger partial charge in [-0.3, -0.25) is 4.90 Å². The van der Waals surface area contributed by atoms with Crippen LogP contribution in [0.3, 0.4) is 0 Å². The molecule has 1 aromatic heterocycles. The molecule has 0 spiro atoms. The van der Waals surface area contributed by atoms with E-state index in [4.69, 9.17) is 0 Å². The van der Waals surface area contributed by atoms with Gasteiger partial charge in [0.05, 0.1) is 0 Å². The van der Waals surface area contributed by atoms with Gasteiger partial charge in [-0.05, 0) is 37.8 Å².